The van der Waals surface area contributed by atoms with Crippen LogP contribution in [0.3, 0.4) is 0 Å². The summed E-state index contributed by atoms with van der Waals surface area (Å²) in [6, 6.07) is 5.83. The molecule has 0 saturated carbocycles. The number of hydrogen-bond donors (Lipinski definition) is 2. The fraction of sp³-hybridized carbons (Fsp3) is 0.375. The third kappa shape index (κ3) is 3.66. The number of halogens is 1. The number of nitrogens with one attached hydrogen (secondary N) is 2. The third-order valence-electron chi connectivity index (χ3n) is 3.83. The molecule has 1 fully saturated rings. The van der Waals surface area contributed by atoms with Crippen LogP contribution in [0, 0.1) is 6.92 Å². The van der Waals surface area contributed by atoms with E-state index in [4.69, 9.17) is 11.6 Å². The first-order valence-corrected chi connectivity index (χ1v) is 8.55. The summed E-state index contributed by atoms with van der Waals surface area (Å²) in [6.07, 6.45) is 4.58. The maximum Gasteiger partial charge on any atom is 0.243 e. The molecule has 1 aliphatic rings. The number of carbonyl (C=O) groups is 1. The number of nitrogens with zero attached hydrogens (tertiary/aromatic N) is 1. The van der Waals surface area contributed by atoms with Gasteiger partial charge in [-0.25, -0.2) is 4.98 Å². The Morgan fingerprint density at radius 1 is 1.55 bits per heavy atom. The van der Waals surface area contributed by atoms with Crippen LogP contribution in [0.5, 0.6) is 0 Å². The Kier molecular flexibility index (Phi) is 4.76. The smallest absolute Gasteiger partial charge is 0.243 e. The van der Waals surface area contributed by atoms with Crippen molar-refractivity contribution < 1.29 is 4.79 Å². The molecule has 0 aliphatic carbocycles. The monoisotopic (exact) mass is 335 g/mol. The summed E-state index contributed by atoms with van der Waals surface area (Å²) in [6.45, 7) is 2.97. The molecule has 2 aromatic rings. The number of aromatic nitrogens is 1. The van der Waals surface area contributed by atoms with Gasteiger partial charge in [0.25, 0.3) is 0 Å². The van der Waals surface area contributed by atoms with Crippen molar-refractivity contribution in [3.05, 3.63) is 45.4 Å². The number of hydrogen-bond acceptors (Lipinski definition) is 4. The molecular formula is C16H18ClN3OS. The average Bonchev–Trinajstić information content (AvgIpc) is 3.13. The number of aryl methyl sites for hydroxylation is 1. The van der Waals surface area contributed by atoms with Gasteiger partial charge in [0.05, 0.1) is 6.04 Å². The van der Waals surface area contributed by atoms with Crippen LogP contribution in [0.15, 0.2) is 24.4 Å². The molecule has 1 aromatic carbocycles. The van der Waals surface area contributed by atoms with Crippen LogP contribution in [0.4, 0.5) is 5.13 Å². The Labute approximate surface area is 138 Å². The van der Waals surface area contributed by atoms with Crippen LogP contribution < -0.4 is 10.6 Å². The molecule has 0 spiro atoms. The largest absolute Gasteiger partial charge is 0.306 e. The highest BCUT2D eigenvalue weighted by atomic mass is 35.5. The van der Waals surface area contributed by atoms with Gasteiger partial charge in [0.1, 0.15) is 0 Å². The van der Waals surface area contributed by atoms with Crippen LogP contribution in [0.2, 0.25) is 5.02 Å². The fourth-order valence-electron chi connectivity index (χ4n) is 2.59. The Hall–Kier alpha value is -1.43. The summed E-state index contributed by atoms with van der Waals surface area (Å²) in [5.41, 5.74) is 2.39. The molecule has 2 N–H and O–H groups in total. The third-order valence-corrected chi connectivity index (χ3v) is 4.98. The molecule has 22 heavy (non-hydrogen) atoms. The van der Waals surface area contributed by atoms with Crippen LogP contribution in [0.1, 0.15) is 28.8 Å². The van der Waals surface area contributed by atoms with E-state index in [0.717, 1.165) is 35.7 Å². The van der Waals surface area contributed by atoms with Crippen molar-refractivity contribution in [2.45, 2.75) is 32.2 Å². The van der Waals surface area contributed by atoms with Gasteiger partial charge in [-0.3, -0.25) is 4.79 Å². The number of anilines is 1. The molecule has 2 heterocycles. The zero-order valence-electron chi connectivity index (χ0n) is 12.4. The van der Waals surface area contributed by atoms with E-state index in [1.54, 1.807) is 0 Å². The van der Waals surface area contributed by atoms with Gasteiger partial charge in [-0.1, -0.05) is 17.7 Å². The number of rotatable bonds is 4. The van der Waals surface area contributed by atoms with Gasteiger partial charge in [-0.05, 0) is 49.6 Å². The molecule has 1 amide bonds. The lowest BCUT2D eigenvalue weighted by atomic mass is 10.1. The minimum atomic E-state index is -0.0779. The van der Waals surface area contributed by atoms with Crippen molar-refractivity contribution in [2.24, 2.45) is 0 Å². The molecule has 1 atom stereocenters. The van der Waals surface area contributed by atoms with Crippen molar-refractivity contribution >= 4 is 34.0 Å². The van der Waals surface area contributed by atoms with E-state index in [1.165, 1.54) is 22.5 Å². The molecule has 0 radical (unpaired) electrons. The molecular weight excluding hydrogens is 318 g/mol. The minimum absolute atomic E-state index is 0.0149. The van der Waals surface area contributed by atoms with E-state index in [2.05, 4.69) is 22.5 Å². The predicted molar refractivity (Wildman–Crippen MR) is 90.8 cm³/mol. The molecule has 116 valence electrons. The second-order valence-electron chi connectivity index (χ2n) is 5.52. The Morgan fingerprint density at radius 2 is 2.41 bits per heavy atom. The van der Waals surface area contributed by atoms with Gasteiger partial charge in [-0.2, -0.15) is 0 Å². The Bertz CT molecular complexity index is 680. The molecule has 3 rings (SSSR count). The van der Waals surface area contributed by atoms with Gasteiger partial charge in [0, 0.05) is 22.5 Å². The lowest BCUT2D eigenvalue weighted by Gasteiger charge is -2.08. The SMILES string of the molecule is Cc1cc(Cl)ccc1Cc1cnc(NC(=O)C2CCCN2)s1. The molecule has 1 saturated heterocycles. The summed E-state index contributed by atoms with van der Waals surface area (Å²) >= 11 is 7.50. The van der Waals surface area contributed by atoms with Crippen molar-refractivity contribution in [1.82, 2.24) is 10.3 Å². The van der Waals surface area contributed by atoms with E-state index < -0.39 is 0 Å². The lowest BCUT2D eigenvalue weighted by molar-refractivity contribution is -0.117. The summed E-state index contributed by atoms with van der Waals surface area (Å²) in [4.78, 5) is 17.5. The summed E-state index contributed by atoms with van der Waals surface area (Å²) in [5, 5.41) is 7.51. The molecule has 4 nitrogen and oxygen atoms in total. The summed E-state index contributed by atoms with van der Waals surface area (Å²) in [5.74, 6) is 0.0149. The van der Waals surface area contributed by atoms with Gasteiger partial charge < -0.3 is 10.6 Å². The van der Waals surface area contributed by atoms with Gasteiger partial charge >= 0.3 is 0 Å². The Balaban J connectivity index is 1.64. The van der Waals surface area contributed by atoms with Crippen LogP contribution >= 0.6 is 22.9 Å². The summed E-state index contributed by atoms with van der Waals surface area (Å²) in [7, 11) is 0. The average molecular weight is 336 g/mol. The van der Waals surface area contributed by atoms with E-state index in [1.807, 2.05) is 24.4 Å². The predicted octanol–water partition coefficient (Wildman–Crippen LogP) is 3.39. The highest BCUT2D eigenvalue weighted by molar-refractivity contribution is 7.15. The van der Waals surface area contributed by atoms with Crippen molar-refractivity contribution in [1.29, 1.82) is 0 Å². The second kappa shape index (κ2) is 6.77. The lowest BCUT2D eigenvalue weighted by Crippen LogP contribution is -2.35. The van der Waals surface area contributed by atoms with E-state index in [0.29, 0.717) is 5.13 Å². The van der Waals surface area contributed by atoms with Crippen molar-refractivity contribution in [3.8, 4) is 0 Å². The van der Waals surface area contributed by atoms with E-state index >= 15 is 0 Å². The van der Waals surface area contributed by atoms with E-state index in [9.17, 15) is 4.79 Å². The van der Waals surface area contributed by atoms with Gasteiger partial charge in [0.2, 0.25) is 5.91 Å². The highest BCUT2D eigenvalue weighted by Gasteiger charge is 2.22. The standard InChI is InChI=1S/C16H18ClN3OS/c1-10-7-12(17)5-4-11(10)8-13-9-19-16(22-13)20-15(21)14-3-2-6-18-14/h4-5,7,9,14,18H,2-3,6,8H2,1H3,(H,19,20,21). The zero-order valence-corrected chi connectivity index (χ0v) is 13.9. The number of amides is 1. The number of carbonyl (C=O) groups excluding carboxylic acids is 1. The molecule has 1 aromatic heterocycles. The first kappa shape index (κ1) is 15.5. The zero-order chi connectivity index (χ0) is 15.5. The van der Waals surface area contributed by atoms with Crippen LogP contribution in [-0.2, 0) is 11.2 Å². The first-order valence-electron chi connectivity index (χ1n) is 7.36. The highest BCUT2D eigenvalue weighted by Crippen LogP contribution is 2.24. The molecule has 1 aliphatic heterocycles. The molecule has 1 unspecified atom stereocenters. The quantitative estimate of drug-likeness (QED) is 0.900. The van der Waals surface area contributed by atoms with Crippen LogP contribution in [-0.4, -0.2) is 23.5 Å². The molecule has 6 heteroatoms. The van der Waals surface area contributed by atoms with E-state index in [-0.39, 0.29) is 11.9 Å². The topological polar surface area (TPSA) is 54.0 Å². The molecule has 0 bridgehead atoms. The Morgan fingerprint density at radius 3 is 3.14 bits per heavy atom. The minimum Gasteiger partial charge on any atom is -0.306 e. The maximum absolute atomic E-state index is 12.1. The fourth-order valence-corrected chi connectivity index (χ4v) is 3.66. The van der Waals surface area contributed by atoms with Gasteiger partial charge in [-0.15, -0.1) is 11.3 Å². The first-order chi connectivity index (χ1) is 10.6. The van der Waals surface area contributed by atoms with Crippen LogP contribution in [0.25, 0.3) is 0 Å². The van der Waals surface area contributed by atoms with Crippen molar-refractivity contribution in [2.75, 3.05) is 11.9 Å². The number of benzene rings is 1. The second-order valence-corrected chi connectivity index (χ2v) is 7.07. The van der Waals surface area contributed by atoms with Gasteiger partial charge in [0.15, 0.2) is 5.13 Å². The maximum atomic E-state index is 12.1. The van der Waals surface area contributed by atoms with Crippen molar-refractivity contribution in [3.63, 3.8) is 0 Å². The normalized spacial score (nSPS) is 17.6. The number of thiazole rings is 1. The summed E-state index contributed by atoms with van der Waals surface area (Å²) < 4.78 is 0.